The van der Waals surface area contributed by atoms with Gasteiger partial charge in [-0.3, -0.25) is 4.79 Å². The second kappa shape index (κ2) is 14.6. The van der Waals surface area contributed by atoms with E-state index in [0.717, 1.165) is 12.8 Å². The Balaban J connectivity index is 1.63. The number of alkyl halides is 1. The Morgan fingerprint density at radius 1 is 0.793 bits per heavy atom. The molecule has 0 aromatic heterocycles. The normalized spacial score (nSPS) is 12.3. The number of carbonyl (C=O) groups excluding carboxylic acids is 1. The second-order valence-electron chi connectivity index (χ2n) is 8.45. The fraction of sp³-hybridized carbons (Fsp3) is 0.593. The zero-order valence-electron chi connectivity index (χ0n) is 18.3. The van der Waals surface area contributed by atoms with Crippen LogP contribution in [0.2, 0.25) is 0 Å². The average Bonchev–Trinajstić information content (AvgIpc) is 2.75. The third-order valence-corrected chi connectivity index (χ3v) is 6.39. The zero-order valence-corrected chi connectivity index (χ0v) is 19.1. The minimum absolute atomic E-state index is 0.0643. The lowest BCUT2D eigenvalue weighted by Gasteiger charge is -2.14. The van der Waals surface area contributed by atoms with Crippen molar-refractivity contribution in [3.8, 4) is 0 Å². The maximum atomic E-state index is 12.7. The molecule has 2 rings (SSSR count). The maximum Gasteiger partial charge on any atom is 0.137 e. The van der Waals surface area contributed by atoms with Crippen molar-refractivity contribution < 1.29 is 4.79 Å². The Morgan fingerprint density at radius 2 is 1.38 bits per heavy atom. The molecule has 2 heteroatoms. The van der Waals surface area contributed by atoms with Gasteiger partial charge in [0.15, 0.2) is 0 Å². The van der Waals surface area contributed by atoms with Crippen LogP contribution in [0.25, 0.3) is 10.8 Å². The topological polar surface area (TPSA) is 17.1 Å². The van der Waals surface area contributed by atoms with Crippen LogP contribution in [-0.4, -0.2) is 11.7 Å². The fourth-order valence-corrected chi connectivity index (χ4v) is 4.44. The number of carbonyl (C=O) groups is 1. The van der Waals surface area contributed by atoms with Gasteiger partial charge in [-0.2, -0.15) is 0 Å². The van der Waals surface area contributed by atoms with Crippen molar-refractivity contribution in [1.29, 1.82) is 0 Å². The molecule has 0 aliphatic rings. The average molecular weight is 415 g/mol. The van der Waals surface area contributed by atoms with Gasteiger partial charge in [-0.15, -0.1) is 11.6 Å². The van der Waals surface area contributed by atoms with Crippen LogP contribution in [0.1, 0.15) is 89.5 Å². The monoisotopic (exact) mass is 414 g/mol. The van der Waals surface area contributed by atoms with E-state index in [4.69, 9.17) is 11.6 Å². The number of hydrogen-bond acceptors (Lipinski definition) is 1. The highest BCUT2D eigenvalue weighted by Gasteiger charge is 2.18. The predicted molar refractivity (Wildman–Crippen MR) is 128 cm³/mol. The summed E-state index contributed by atoms with van der Waals surface area (Å²) in [5.41, 5.74) is 1.24. The summed E-state index contributed by atoms with van der Waals surface area (Å²) in [6.07, 6.45) is 15.8. The molecule has 0 bridgehead atoms. The van der Waals surface area contributed by atoms with Crippen LogP contribution in [-0.2, 0) is 11.2 Å². The van der Waals surface area contributed by atoms with Crippen molar-refractivity contribution in [2.24, 2.45) is 5.92 Å². The molecule has 160 valence electrons. The molecule has 0 saturated heterocycles. The molecule has 0 amide bonds. The van der Waals surface area contributed by atoms with Crippen molar-refractivity contribution in [3.05, 3.63) is 48.0 Å². The highest BCUT2D eigenvalue weighted by molar-refractivity contribution is 6.19. The summed E-state index contributed by atoms with van der Waals surface area (Å²) >= 11 is 6.19. The Labute approximate surface area is 183 Å². The SMILES string of the molecule is CCCCCCCCCCCCCC(=O)C(CCl)Cc1cccc2ccccc12. The molecular weight excluding hydrogens is 376 g/mol. The molecule has 0 N–H and O–H groups in total. The number of halogens is 1. The van der Waals surface area contributed by atoms with Crippen molar-refractivity contribution in [1.82, 2.24) is 0 Å². The van der Waals surface area contributed by atoms with E-state index in [1.807, 2.05) is 0 Å². The summed E-state index contributed by atoms with van der Waals surface area (Å²) in [5.74, 6) is 0.689. The molecule has 0 spiro atoms. The number of fused-ring (bicyclic) bond motifs is 1. The number of benzene rings is 2. The second-order valence-corrected chi connectivity index (χ2v) is 8.75. The first-order valence-corrected chi connectivity index (χ1v) is 12.3. The van der Waals surface area contributed by atoms with Crippen molar-refractivity contribution >= 4 is 28.2 Å². The molecule has 0 aliphatic heterocycles. The molecule has 0 fully saturated rings. The summed E-state index contributed by atoms with van der Waals surface area (Å²) in [5, 5.41) is 2.48. The molecule has 1 atom stereocenters. The third kappa shape index (κ3) is 8.91. The van der Waals surface area contributed by atoms with Crippen LogP contribution in [0.3, 0.4) is 0 Å². The van der Waals surface area contributed by atoms with Gasteiger partial charge in [0.25, 0.3) is 0 Å². The Hall–Kier alpha value is -1.34. The lowest BCUT2D eigenvalue weighted by Crippen LogP contribution is -2.19. The summed E-state index contributed by atoms with van der Waals surface area (Å²) in [6.45, 7) is 2.27. The van der Waals surface area contributed by atoms with E-state index in [0.29, 0.717) is 18.1 Å². The summed E-state index contributed by atoms with van der Waals surface area (Å²) < 4.78 is 0. The standard InChI is InChI=1S/C27H39ClO/c1-2-3-4-5-6-7-8-9-10-11-12-20-27(29)25(22-28)21-24-18-15-17-23-16-13-14-19-26(23)24/h13-19,25H,2-12,20-22H2,1H3. The minimum Gasteiger partial charge on any atom is -0.299 e. The quantitative estimate of drug-likeness (QED) is 0.198. The first kappa shape index (κ1) is 23.9. The number of unbranched alkanes of at least 4 members (excludes halogenated alkanes) is 10. The van der Waals surface area contributed by atoms with Gasteiger partial charge < -0.3 is 0 Å². The number of Topliss-reactive ketones (excluding diaryl/α,β-unsaturated/α-hetero) is 1. The molecule has 0 radical (unpaired) electrons. The van der Waals surface area contributed by atoms with Crippen LogP contribution in [0.5, 0.6) is 0 Å². The van der Waals surface area contributed by atoms with Crippen LogP contribution in [0.4, 0.5) is 0 Å². The molecule has 0 saturated carbocycles. The van der Waals surface area contributed by atoms with Gasteiger partial charge in [-0.05, 0) is 29.2 Å². The number of rotatable bonds is 16. The summed E-state index contributed by atoms with van der Waals surface area (Å²) in [7, 11) is 0. The molecule has 0 heterocycles. The van der Waals surface area contributed by atoms with Crippen LogP contribution >= 0.6 is 11.6 Å². The van der Waals surface area contributed by atoms with Gasteiger partial charge in [0.05, 0.1) is 0 Å². The van der Waals surface area contributed by atoms with Gasteiger partial charge in [-0.25, -0.2) is 0 Å². The molecule has 1 nitrogen and oxygen atoms in total. The smallest absolute Gasteiger partial charge is 0.137 e. The Bertz CT molecular complexity index is 703. The van der Waals surface area contributed by atoms with Gasteiger partial charge >= 0.3 is 0 Å². The lowest BCUT2D eigenvalue weighted by molar-refractivity contribution is -0.122. The maximum absolute atomic E-state index is 12.7. The lowest BCUT2D eigenvalue weighted by atomic mass is 9.91. The van der Waals surface area contributed by atoms with Crippen LogP contribution in [0.15, 0.2) is 42.5 Å². The van der Waals surface area contributed by atoms with Crippen LogP contribution in [0, 0.1) is 5.92 Å². The Morgan fingerprint density at radius 3 is 2.03 bits per heavy atom. The largest absolute Gasteiger partial charge is 0.299 e. The van der Waals surface area contributed by atoms with E-state index >= 15 is 0 Å². The molecule has 0 aliphatic carbocycles. The van der Waals surface area contributed by atoms with Crippen molar-refractivity contribution in [2.45, 2.75) is 90.4 Å². The first-order chi connectivity index (χ1) is 14.3. The van der Waals surface area contributed by atoms with E-state index in [1.54, 1.807) is 0 Å². The predicted octanol–water partition coefficient (Wildman–Crippen LogP) is 8.51. The molecule has 1 unspecified atom stereocenters. The van der Waals surface area contributed by atoms with Gasteiger partial charge in [0.2, 0.25) is 0 Å². The van der Waals surface area contributed by atoms with Crippen molar-refractivity contribution in [2.75, 3.05) is 5.88 Å². The highest BCUT2D eigenvalue weighted by atomic mass is 35.5. The number of ketones is 1. The highest BCUT2D eigenvalue weighted by Crippen LogP contribution is 2.23. The summed E-state index contributed by atoms with van der Waals surface area (Å²) in [6, 6.07) is 14.7. The minimum atomic E-state index is -0.0643. The molecule has 2 aromatic rings. The van der Waals surface area contributed by atoms with Gasteiger partial charge in [0, 0.05) is 18.2 Å². The van der Waals surface area contributed by atoms with E-state index in [1.165, 1.54) is 80.5 Å². The van der Waals surface area contributed by atoms with E-state index in [2.05, 4.69) is 49.4 Å². The fourth-order valence-electron chi connectivity index (χ4n) is 4.16. The summed E-state index contributed by atoms with van der Waals surface area (Å²) in [4.78, 5) is 12.7. The molecule has 2 aromatic carbocycles. The van der Waals surface area contributed by atoms with Gasteiger partial charge in [0.1, 0.15) is 5.78 Å². The van der Waals surface area contributed by atoms with Gasteiger partial charge in [-0.1, -0.05) is 114 Å². The van der Waals surface area contributed by atoms with E-state index in [9.17, 15) is 4.79 Å². The van der Waals surface area contributed by atoms with E-state index < -0.39 is 0 Å². The zero-order chi connectivity index (χ0) is 20.7. The van der Waals surface area contributed by atoms with Crippen molar-refractivity contribution in [3.63, 3.8) is 0 Å². The molecule has 29 heavy (non-hydrogen) atoms. The molecular formula is C27H39ClO. The first-order valence-electron chi connectivity index (χ1n) is 11.8. The van der Waals surface area contributed by atoms with E-state index in [-0.39, 0.29) is 5.92 Å². The van der Waals surface area contributed by atoms with Crippen LogP contribution < -0.4 is 0 Å². The third-order valence-electron chi connectivity index (χ3n) is 6.01. The number of hydrogen-bond donors (Lipinski definition) is 0. The Kier molecular flexibility index (Phi) is 12.1.